The fourth-order valence-corrected chi connectivity index (χ4v) is 6.78. The molecule has 2 aliphatic rings. The number of esters is 1. The summed E-state index contributed by atoms with van der Waals surface area (Å²) in [5.41, 5.74) is 0.709. The Bertz CT molecular complexity index is 1540. The number of amides is 1. The van der Waals surface area contributed by atoms with E-state index in [0.717, 1.165) is 36.8 Å². The standard InChI is InChI=1S/C34H41ClFN3O5/c1-34(2,33(39-15-7-8-16-39)44-23-13-11-21(12-14-23)32(42)43-4)30(40)18-22-17-26(35)28(19-27(22)36)37-31(41)25-20-38(3)29-10-6-5-9-24(25)29/h5-6,9-10,17,19-21,23,33H,7-8,11-16,18H2,1-4H3,(H,37,41). The lowest BCUT2D eigenvalue weighted by Gasteiger charge is -2.42. The Kier molecular flexibility index (Phi) is 9.77. The highest BCUT2D eigenvalue weighted by Gasteiger charge is 2.43. The Morgan fingerprint density at radius 3 is 2.45 bits per heavy atom. The summed E-state index contributed by atoms with van der Waals surface area (Å²) in [6.45, 7) is 5.36. The molecule has 1 saturated carbocycles. The highest BCUT2D eigenvalue weighted by molar-refractivity contribution is 6.34. The van der Waals surface area contributed by atoms with E-state index < -0.39 is 23.4 Å². The van der Waals surface area contributed by atoms with Crippen molar-refractivity contribution in [2.45, 2.75) is 71.1 Å². The molecule has 1 aliphatic heterocycles. The Labute approximate surface area is 262 Å². The normalized spacial score (nSPS) is 20.0. The van der Waals surface area contributed by atoms with E-state index in [1.54, 1.807) is 6.20 Å². The van der Waals surface area contributed by atoms with Gasteiger partial charge in [0.2, 0.25) is 0 Å². The van der Waals surface area contributed by atoms with E-state index in [2.05, 4.69) is 10.2 Å². The Morgan fingerprint density at radius 2 is 1.77 bits per heavy atom. The number of fused-ring (bicyclic) bond motifs is 1. The molecule has 0 bridgehead atoms. The van der Waals surface area contributed by atoms with E-state index in [4.69, 9.17) is 21.1 Å². The van der Waals surface area contributed by atoms with Crippen molar-refractivity contribution in [3.63, 3.8) is 0 Å². The number of para-hydroxylation sites is 1. The molecule has 2 heterocycles. The number of anilines is 1. The summed E-state index contributed by atoms with van der Waals surface area (Å²) in [7, 11) is 3.27. The molecule has 5 rings (SSSR count). The van der Waals surface area contributed by atoms with Gasteiger partial charge in [0.25, 0.3) is 5.91 Å². The molecule has 0 radical (unpaired) electrons. The van der Waals surface area contributed by atoms with E-state index in [0.29, 0.717) is 31.2 Å². The van der Waals surface area contributed by atoms with Crippen LogP contribution in [0.25, 0.3) is 10.9 Å². The van der Waals surface area contributed by atoms with Gasteiger partial charge in [0.1, 0.15) is 17.8 Å². The fourth-order valence-electron chi connectivity index (χ4n) is 6.54. The summed E-state index contributed by atoms with van der Waals surface area (Å²) in [5, 5.41) is 3.66. The lowest BCUT2D eigenvalue weighted by molar-refractivity contribution is -0.172. The van der Waals surface area contributed by atoms with Gasteiger partial charge in [-0.2, -0.15) is 0 Å². The third-order valence-corrected chi connectivity index (χ3v) is 9.53. The Balaban J connectivity index is 1.29. The molecular formula is C34H41ClFN3O5. The maximum absolute atomic E-state index is 15.4. The number of ketones is 1. The zero-order chi connectivity index (χ0) is 31.6. The number of methoxy groups -OCH3 is 1. The minimum absolute atomic E-state index is 0.0793. The molecule has 3 aromatic rings. The van der Waals surface area contributed by atoms with Crippen molar-refractivity contribution in [2.24, 2.45) is 18.4 Å². The van der Waals surface area contributed by atoms with Crippen LogP contribution in [0.3, 0.4) is 0 Å². The van der Waals surface area contributed by atoms with Gasteiger partial charge in [0, 0.05) is 43.7 Å². The van der Waals surface area contributed by atoms with Gasteiger partial charge in [-0.25, -0.2) is 4.39 Å². The van der Waals surface area contributed by atoms with Crippen molar-refractivity contribution < 1.29 is 28.2 Å². The van der Waals surface area contributed by atoms with Gasteiger partial charge in [-0.15, -0.1) is 0 Å². The van der Waals surface area contributed by atoms with Gasteiger partial charge in [0.05, 0.1) is 40.8 Å². The van der Waals surface area contributed by atoms with Crippen LogP contribution in [0, 0.1) is 17.2 Å². The molecule has 1 N–H and O–H groups in total. The van der Waals surface area contributed by atoms with E-state index in [1.807, 2.05) is 49.7 Å². The molecule has 44 heavy (non-hydrogen) atoms. The number of Topliss-reactive ketones (excluding diaryl/α,β-unsaturated/α-hetero) is 1. The summed E-state index contributed by atoms with van der Waals surface area (Å²) in [5.74, 6) is -1.49. The van der Waals surface area contributed by atoms with Crippen molar-refractivity contribution in [3.8, 4) is 0 Å². The number of aryl methyl sites for hydroxylation is 1. The number of rotatable bonds is 10. The molecule has 2 aromatic carbocycles. The molecule has 1 saturated heterocycles. The van der Waals surface area contributed by atoms with E-state index in [9.17, 15) is 14.4 Å². The monoisotopic (exact) mass is 625 g/mol. The van der Waals surface area contributed by atoms with Crippen LogP contribution in [0.5, 0.6) is 0 Å². The first-order chi connectivity index (χ1) is 21.0. The molecule has 1 aromatic heterocycles. The predicted molar refractivity (Wildman–Crippen MR) is 168 cm³/mol. The number of carbonyl (C=O) groups is 3. The average Bonchev–Trinajstić information content (AvgIpc) is 3.66. The molecule has 1 atom stereocenters. The third-order valence-electron chi connectivity index (χ3n) is 9.22. The van der Waals surface area contributed by atoms with Crippen molar-refractivity contribution >= 4 is 45.9 Å². The fraction of sp³-hybridized carbons (Fsp3) is 0.500. The predicted octanol–water partition coefficient (Wildman–Crippen LogP) is 6.53. The van der Waals surface area contributed by atoms with Crippen LogP contribution in [0.4, 0.5) is 10.1 Å². The third kappa shape index (κ3) is 6.70. The summed E-state index contributed by atoms with van der Waals surface area (Å²) in [4.78, 5) is 41.2. The van der Waals surface area contributed by atoms with Gasteiger partial charge in [-0.3, -0.25) is 19.3 Å². The minimum Gasteiger partial charge on any atom is -0.469 e. The van der Waals surface area contributed by atoms with Crippen molar-refractivity contribution in [3.05, 3.63) is 64.6 Å². The van der Waals surface area contributed by atoms with E-state index >= 15 is 4.39 Å². The summed E-state index contributed by atoms with van der Waals surface area (Å²) < 4.78 is 28.9. The van der Waals surface area contributed by atoms with Crippen LogP contribution in [-0.4, -0.2) is 59.7 Å². The lowest BCUT2D eigenvalue weighted by Crippen LogP contribution is -2.52. The molecule has 2 fully saturated rings. The number of carbonyl (C=O) groups excluding carboxylic acids is 3. The molecule has 10 heteroatoms. The minimum atomic E-state index is -0.941. The smallest absolute Gasteiger partial charge is 0.308 e. The summed E-state index contributed by atoms with van der Waals surface area (Å²) in [6, 6.07) is 10.1. The van der Waals surface area contributed by atoms with Crippen molar-refractivity contribution in [1.29, 1.82) is 0 Å². The van der Waals surface area contributed by atoms with Crippen LogP contribution in [0.1, 0.15) is 68.3 Å². The van der Waals surface area contributed by atoms with Crippen LogP contribution in [-0.2, 0) is 32.5 Å². The molecule has 8 nitrogen and oxygen atoms in total. The van der Waals surface area contributed by atoms with Crippen molar-refractivity contribution in [2.75, 3.05) is 25.5 Å². The second-order valence-electron chi connectivity index (χ2n) is 12.6. The summed E-state index contributed by atoms with van der Waals surface area (Å²) >= 11 is 6.53. The van der Waals surface area contributed by atoms with Crippen LogP contribution < -0.4 is 5.32 Å². The number of ether oxygens (including phenoxy) is 2. The van der Waals surface area contributed by atoms with E-state index in [1.165, 1.54) is 19.2 Å². The number of benzene rings is 2. The number of likely N-dealkylation sites (tertiary alicyclic amines) is 1. The Morgan fingerprint density at radius 1 is 1.09 bits per heavy atom. The van der Waals surface area contributed by atoms with Gasteiger partial charge in [-0.1, -0.05) is 29.8 Å². The van der Waals surface area contributed by atoms with Gasteiger partial charge >= 0.3 is 5.97 Å². The number of aromatic nitrogens is 1. The molecule has 1 aliphatic carbocycles. The number of hydrogen-bond donors (Lipinski definition) is 1. The second-order valence-corrected chi connectivity index (χ2v) is 13.0. The van der Waals surface area contributed by atoms with Gasteiger partial charge in [0.15, 0.2) is 0 Å². The number of nitrogens with zero attached hydrogens (tertiary/aromatic N) is 2. The highest BCUT2D eigenvalue weighted by Crippen LogP contribution is 2.37. The van der Waals surface area contributed by atoms with E-state index in [-0.39, 0.29) is 46.5 Å². The molecular weight excluding hydrogens is 585 g/mol. The van der Waals surface area contributed by atoms with Crippen molar-refractivity contribution in [1.82, 2.24) is 9.47 Å². The largest absolute Gasteiger partial charge is 0.469 e. The molecule has 236 valence electrons. The molecule has 1 amide bonds. The topological polar surface area (TPSA) is 89.9 Å². The SMILES string of the molecule is COC(=O)C1CCC(OC(N2CCCC2)C(C)(C)C(=O)Cc2cc(Cl)c(NC(=O)c3cn(C)c4ccccc34)cc2F)CC1. The first kappa shape index (κ1) is 32.1. The maximum Gasteiger partial charge on any atom is 0.308 e. The molecule has 1 unspecified atom stereocenters. The van der Waals surface area contributed by atoms with Gasteiger partial charge < -0.3 is 19.4 Å². The summed E-state index contributed by atoms with van der Waals surface area (Å²) in [6.07, 6.45) is 5.85. The van der Waals surface area contributed by atoms with Crippen LogP contribution in [0.2, 0.25) is 5.02 Å². The first-order valence-corrected chi connectivity index (χ1v) is 15.7. The maximum atomic E-state index is 15.4. The van der Waals surface area contributed by atoms with Gasteiger partial charge in [-0.05, 0) is 76.1 Å². The zero-order valence-corrected chi connectivity index (χ0v) is 26.6. The Hall–Kier alpha value is -3.27. The number of hydrogen-bond acceptors (Lipinski definition) is 6. The zero-order valence-electron chi connectivity index (χ0n) is 25.8. The number of nitrogens with one attached hydrogen (secondary N) is 1. The number of halogens is 2. The molecule has 0 spiro atoms. The van der Waals surface area contributed by atoms with Crippen LogP contribution in [0.15, 0.2) is 42.6 Å². The highest BCUT2D eigenvalue weighted by atomic mass is 35.5. The quantitative estimate of drug-likeness (QED) is 0.258. The second kappa shape index (κ2) is 13.4. The van der Waals surface area contributed by atoms with Crippen LogP contribution >= 0.6 is 11.6 Å². The average molecular weight is 626 g/mol. The lowest BCUT2D eigenvalue weighted by atomic mass is 9.81. The first-order valence-electron chi connectivity index (χ1n) is 15.3.